The molecule has 1 aromatic heterocycles. The van der Waals surface area contributed by atoms with E-state index in [9.17, 15) is 18.4 Å². The second-order valence-electron chi connectivity index (χ2n) is 4.71. The molecule has 22 heavy (non-hydrogen) atoms. The molecule has 2 amide bonds. The van der Waals surface area contributed by atoms with Gasteiger partial charge in [-0.3, -0.25) is 25.1 Å². The zero-order valence-electron chi connectivity index (χ0n) is 12.0. The normalized spacial score (nSPS) is 10.4. The number of benzene rings is 1. The molecule has 8 heteroatoms. The summed E-state index contributed by atoms with van der Waals surface area (Å²) >= 11 is 0. The summed E-state index contributed by atoms with van der Waals surface area (Å²) in [6.07, 6.45) is 0. The number of aryl methyl sites for hydroxylation is 2. The molecule has 1 heterocycles. The average Bonchev–Trinajstić information content (AvgIpc) is 2.74. The summed E-state index contributed by atoms with van der Waals surface area (Å²) in [6, 6.07) is 4.34. The third-order valence-corrected chi connectivity index (χ3v) is 2.89. The van der Waals surface area contributed by atoms with Gasteiger partial charge in [-0.2, -0.15) is 5.10 Å². The molecule has 2 aromatic rings. The Morgan fingerprint density at radius 3 is 2.50 bits per heavy atom. The van der Waals surface area contributed by atoms with Crippen LogP contribution in [0.2, 0.25) is 0 Å². The summed E-state index contributed by atoms with van der Waals surface area (Å²) in [5, 5.41) is 4.10. The standard InChI is InChI=1S/C14H14F2N4O2/c1-8-5-9(2)20(19-8)7-13(21)17-18-14(22)11-4-3-10(15)6-12(11)16/h3-6H,7H2,1-2H3,(H,17,21)(H,18,22). The molecular weight excluding hydrogens is 294 g/mol. The second-order valence-corrected chi connectivity index (χ2v) is 4.71. The van der Waals surface area contributed by atoms with Crippen LogP contribution in [0.5, 0.6) is 0 Å². The first-order chi connectivity index (χ1) is 10.4. The van der Waals surface area contributed by atoms with Crippen molar-refractivity contribution < 1.29 is 18.4 Å². The highest BCUT2D eigenvalue weighted by Crippen LogP contribution is 2.08. The van der Waals surface area contributed by atoms with Crippen molar-refractivity contribution in [3.63, 3.8) is 0 Å². The smallest absolute Gasteiger partial charge is 0.271 e. The van der Waals surface area contributed by atoms with Crippen LogP contribution < -0.4 is 10.9 Å². The lowest BCUT2D eigenvalue weighted by molar-refractivity contribution is -0.122. The minimum atomic E-state index is -1.01. The molecule has 116 valence electrons. The number of aromatic nitrogens is 2. The van der Waals surface area contributed by atoms with Gasteiger partial charge in [-0.1, -0.05) is 0 Å². The topological polar surface area (TPSA) is 76.0 Å². The van der Waals surface area contributed by atoms with Crippen LogP contribution in [0.4, 0.5) is 8.78 Å². The Hall–Kier alpha value is -2.77. The summed E-state index contributed by atoms with van der Waals surface area (Å²) in [4.78, 5) is 23.4. The predicted octanol–water partition coefficient (Wildman–Crippen LogP) is 1.24. The highest BCUT2D eigenvalue weighted by Gasteiger charge is 2.14. The fraction of sp³-hybridized carbons (Fsp3) is 0.214. The van der Waals surface area contributed by atoms with E-state index in [0.717, 1.165) is 23.5 Å². The van der Waals surface area contributed by atoms with E-state index in [-0.39, 0.29) is 12.1 Å². The number of carbonyl (C=O) groups is 2. The predicted molar refractivity (Wildman–Crippen MR) is 73.7 cm³/mol. The van der Waals surface area contributed by atoms with Gasteiger partial charge in [0.15, 0.2) is 0 Å². The van der Waals surface area contributed by atoms with E-state index in [1.54, 1.807) is 19.9 Å². The first-order valence-electron chi connectivity index (χ1n) is 6.42. The Labute approximate surface area is 125 Å². The molecule has 0 saturated carbocycles. The third-order valence-electron chi connectivity index (χ3n) is 2.89. The Balaban J connectivity index is 1.93. The fourth-order valence-corrected chi connectivity index (χ4v) is 1.88. The van der Waals surface area contributed by atoms with Crippen LogP contribution >= 0.6 is 0 Å². The molecule has 0 fully saturated rings. The number of nitrogens with one attached hydrogen (secondary N) is 2. The van der Waals surface area contributed by atoms with Crippen molar-refractivity contribution in [2.45, 2.75) is 20.4 Å². The largest absolute Gasteiger partial charge is 0.272 e. The minimum absolute atomic E-state index is 0.0914. The van der Waals surface area contributed by atoms with E-state index in [0.29, 0.717) is 6.07 Å². The maximum absolute atomic E-state index is 13.4. The molecule has 0 atom stereocenters. The van der Waals surface area contributed by atoms with Gasteiger partial charge in [-0.05, 0) is 32.0 Å². The summed E-state index contributed by atoms with van der Waals surface area (Å²) in [6.45, 7) is 3.49. The van der Waals surface area contributed by atoms with Crippen LogP contribution in [0.1, 0.15) is 21.7 Å². The third kappa shape index (κ3) is 3.66. The molecule has 2 N–H and O–H groups in total. The quantitative estimate of drug-likeness (QED) is 0.838. The zero-order chi connectivity index (χ0) is 16.3. The van der Waals surface area contributed by atoms with Gasteiger partial charge < -0.3 is 0 Å². The molecule has 2 rings (SSSR count). The van der Waals surface area contributed by atoms with Crippen molar-refractivity contribution >= 4 is 11.8 Å². The monoisotopic (exact) mass is 308 g/mol. The van der Waals surface area contributed by atoms with E-state index in [4.69, 9.17) is 0 Å². The van der Waals surface area contributed by atoms with Gasteiger partial charge in [0, 0.05) is 11.8 Å². The number of carbonyl (C=O) groups excluding carboxylic acids is 2. The van der Waals surface area contributed by atoms with Gasteiger partial charge >= 0.3 is 0 Å². The van der Waals surface area contributed by atoms with E-state index < -0.39 is 23.4 Å². The van der Waals surface area contributed by atoms with E-state index in [1.807, 2.05) is 0 Å². The molecule has 0 aliphatic carbocycles. The van der Waals surface area contributed by atoms with E-state index >= 15 is 0 Å². The van der Waals surface area contributed by atoms with Crippen LogP contribution in [0, 0.1) is 25.5 Å². The molecule has 1 aromatic carbocycles. The Bertz CT molecular complexity index is 728. The number of halogens is 2. The number of rotatable bonds is 3. The van der Waals surface area contributed by atoms with Gasteiger partial charge in [0.2, 0.25) is 0 Å². The molecular formula is C14H14F2N4O2. The number of nitrogens with zero attached hydrogens (tertiary/aromatic N) is 2. The average molecular weight is 308 g/mol. The molecule has 0 aliphatic heterocycles. The van der Waals surface area contributed by atoms with E-state index in [1.165, 1.54) is 4.68 Å². The molecule has 0 unspecified atom stereocenters. The zero-order valence-corrected chi connectivity index (χ0v) is 12.0. The molecule has 6 nitrogen and oxygen atoms in total. The van der Waals surface area contributed by atoms with Crippen LogP contribution in [0.15, 0.2) is 24.3 Å². The SMILES string of the molecule is Cc1cc(C)n(CC(=O)NNC(=O)c2ccc(F)cc2F)n1. The fourth-order valence-electron chi connectivity index (χ4n) is 1.88. The van der Waals surface area contributed by atoms with Crippen molar-refractivity contribution in [2.75, 3.05) is 0 Å². The summed E-state index contributed by atoms with van der Waals surface area (Å²) in [5.74, 6) is -3.20. The van der Waals surface area contributed by atoms with E-state index in [2.05, 4.69) is 16.0 Å². The van der Waals surface area contributed by atoms with Crippen LogP contribution in [-0.2, 0) is 11.3 Å². The van der Waals surface area contributed by atoms with Crippen LogP contribution in [-0.4, -0.2) is 21.6 Å². The number of hydrazine groups is 1. The number of hydrogen-bond acceptors (Lipinski definition) is 3. The summed E-state index contributed by atoms with van der Waals surface area (Å²) in [7, 11) is 0. The van der Waals surface area contributed by atoms with Gasteiger partial charge in [0.25, 0.3) is 11.8 Å². The molecule has 0 spiro atoms. The van der Waals surface area contributed by atoms with Crippen molar-refractivity contribution in [1.29, 1.82) is 0 Å². The van der Waals surface area contributed by atoms with Crippen molar-refractivity contribution in [3.8, 4) is 0 Å². The Morgan fingerprint density at radius 2 is 1.91 bits per heavy atom. The molecule has 0 radical (unpaired) electrons. The highest BCUT2D eigenvalue weighted by molar-refractivity contribution is 5.95. The highest BCUT2D eigenvalue weighted by atomic mass is 19.1. The molecule has 0 aliphatic rings. The maximum atomic E-state index is 13.4. The Morgan fingerprint density at radius 1 is 1.18 bits per heavy atom. The summed E-state index contributed by atoms with van der Waals surface area (Å²) < 4.78 is 27.6. The van der Waals surface area contributed by atoms with Crippen LogP contribution in [0.25, 0.3) is 0 Å². The van der Waals surface area contributed by atoms with Crippen molar-refractivity contribution in [3.05, 3.63) is 52.9 Å². The first kappa shape index (κ1) is 15.6. The molecule has 0 bridgehead atoms. The lowest BCUT2D eigenvalue weighted by atomic mass is 10.2. The summed E-state index contributed by atoms with van der Waals surface area (Å²) in [5.41, 5.74) is 5.41. The lowest BCUT2D eigenvalue weighted by Gasteiger charge is -2.09. The van der Waals surface area contributed by atoms with Crippen molar-refractivity contribution in [1.82, 2.24) is 20.6 Å². The van der Waals surface area contributed by atoms with Gasteiger partial charge in [0.1, 0.15) is 18.2 Å². The van der Waals surface area contributed by atoms with Gasteiger partial charge in [0.05, 0.1) is 11.3 Å². The van der Waals surface area contributed by atoms with Gasteiger partial charge in [-0.25, -0.2) is 8.78 Å². The second kappa shape index (κ2) is 6.33. The number of amides is 2. The molecule has 0 saturated heterocycles. The van der Waals surface area contributed by atoms with Gasteiger partial charge in [-0.15, -0.1) is 0 Å². The van der Waals surface area contributed by atoms with Crippen LogP contribution in [0.3, 0.4) is 0 Å². The first-order valence-corrected chi connectivity index (χ1v) is 6.42. The maximum Gasteiger partial charge on any atom is 0.272 e. The van der Waals surface area contributed by atoms with Crippen molar-refractivity contribution in [2.24, 2.45) is 0 Å². The lowest BCUT2D eigenvalue weighted by Crippen LogP contribution is -2.43. The number of hydrogen-bond donors (Lipinski definition) is 2. The Kier molecular flexibility index (Phi) is 4.50. The minimum Gasteiger partial charge on any atom is -0.271 e.